The van der Waals surface area contributed by atoms with Gasteiger partial charge in [0.2, 0.25) is 11.8 Å². The monoisotopic (exact) mass is 290 g/mol. The van der Waals surface area contributed by atoms with Crippen LogP contribution < -0.4 is 10.6 Å². The number of esters is 1. The minimum atomic E-state index is -0.504. The van der Waals surface area contributed by atoms with E-state index in [0.29, 0.717) is 5.69 Å². The maximum Gasteiger partial charge on any atom is 0.340 e. The quantitative estimate of drug-likeness (QED) is 0.614. The molecule has 2 N–H and O–H groups in total. The molecule has 0 bridgehead atoms. The number of nitrogens with one attached hydrogen (secondary N) is 2. The molecule has 21 heavy (non-hydrogen) atoms. The van der Waals surface area contributed by atoms with Gasteiger partial charge in [0, 0.05) is 6.04 Å². The van der Waals surface area contributed by atoms with Crippen molar-refractivity contribution in [3.05, 3.63) is 29.8 Å². The lowest BCUT2D eigenvalue weighted by molar-refractivity contribution is -0.126. The van der Waals surface area contributed by atoms with Crippen LogP contribution in [0.15, 0.2) is 24.3 Å². The molecular weight excluding hydrogens is 272 g/mol. The first-order valence-electron chi connectivity index (χ1n) is 6.95. The highest BCUT2D eigenvalue weighted by atomic mass is 16.5. The zero-order valence-corrected chi connectivity index (χ0v) is 11.8. The van der Waals surface area contributed by atoms with E-state index in [1.165, 1.54) is 0 Å². The number of hydrogen-bond donors (Lipinski definition) is 2. The van der Waals surface area contributed by atoms with Gasteiger partial charge >= 0.3 is 5.97 Å². The molecule has 1 aliphatic carbocycles. The molecule has 0 atom stereocenters. The van der Waals surface area contributed by atoms with Crippen LogP contribution in [0, 0.1) is 0 Å². The zero-order valence-electron chi connectivity index (χ0n) is 11.8. The Labute approximate surface area is 122 Å². The first kappa shape index (κ1) is 15.0. The van der Waals surface area contributed by atoms with Crippen LogP contribution in [-0.4, -0.2) is 30.4 Å². The molecule has 2 amide bonds. The molecular formula is C15H18N2O4. The maximum absolute atomic E-state index is 11.8. The molecule has 0 radical (unpaired) electrons. The number of para-hydroxylation sites is 1. The topological polar surface area (TPSA) is 84.5 Å². The second-order valence-corrected chi connectivity index (χ2v) is 4.83. The van der Waals surface area contributed by atoms with Crippen LogP contribution in [0.5, 0.6) is 0 Å². The maximum atomic E-state index is 11.8. The summed E-state index contributed by atoms with van der Waals surface area (Å²) in [5.41, 5.74) is 0.621. The van der Waals surface area contributed by atoms with E-state index in [1.54, 1.807) is 31.2 Å². The van der Waals surface area contributed by atoms with Crippen molar-refractivity contribution in [2.75, 3.05) is 11.9 Å². The van der Waals surface area contributed by atoms with Crippen molar-refractivity contribution in [1.82, 2.24) is 5.32 Å². The van der Waals surface area contributed by atoms with Crippen LogP contribution in [0.1, 0.15) is 36.5 Å². The van der Waals surface area contributed by atoms with Gasteiger partial charge in [0.1, 0.15) is 6.42 Å². The van der Waals surface area contributed by atoms with Gasteiger partial charge in [-0.1, -0.05) is 12.1 Å². The van der Waals surface area contributed by atoms with Gasteiger partial charge in [-0.2, -0.15) is 0 Å². The smallest absolute Gasteiger partial charge is 0.340 e. The molecule has 0 saturated heterocycles. The Morgan fingerprint density at radius 3 is 2.57 bits per heavy atom. The molecule has 0 spiro atoms. The normalized spacial score (nSPS) is 13.4. The number of carbonyl (C=O) groups excluding carboxylic acids is 3. The summed E-state index contributed by atoms with van der Waals surface area (Å²) in [6.45, 7) is 1.96. The Hall–Kier alpha value is -2.37. The summed E-state index contributed by atoms with van der Waals surface area (Å²) < 4.78 is 4.92. The van der Waals surface area contributed by atoms with Crippen LogP contribution >= 0.6 is 0 Å². The van der Waals surface area contributed by atoms with Crippen molar-refractivity contribution in [3.8, 4) is 0 Å². The molecule has 6 heteroatoms. The van der Waals surface area contributed by atoms with E-state index < -0.39 is 11.9 Å². The van der Waals surface area contributed by atoms with Crippen molar-refractivity contribution in [3.63, 3.8) is 0 Å². The summed E-state index contributed by atoms with van der Waals surface area (Å²) in [5.74, 6) is -1.26. The van der Waals surface area contributed by atoms with Gasteiger partial charge in [-0.05, 0) is 31.9 Å². The van der Waals surface area contributed by atoms with E-state index >= 15 is 0 Å². The number of anilines is 1. The molecule has 112 valence electrons. The predicted molar refractivity (Wildman–Crippen MR) is 76.8 cm³/mol. The highest BCUT2D eigenvalue weighted by Crippen LogP contribution is 2.19. The highest BCUT2D eigenvalue weighted by molar-refractivity contribution is 6.06. The summed E-state index contributed by atoms with van der Waals surface area (Å²) in [6.07, 6.45) is 1.69. The lowest BCUT2D eigenvalue weighted by atomic mass is 10.1. The number of carbonyl (C=O) groups is 3. The van der Waals surface area contributed by atoms with Gasteiger partial charge in [0.05, 0.1) is 17.9 Å². The Kier molecular flexibility index (Phi) is 4.92. The van der Waals surface area contributed by atoms with Crippen molar-refractivity contribution >= 4 is 23.5 Å². The van der Waals surface area contributed by atoms with Crippen molar-refractivity contribution in [1.29, 1.82) is 0 Å². The zero-order chi connectivity index (χ0) is 15.2. The van der Waals surface area contributed by atoms with Crippen LogP contribution in [-0.2, 0) is 14.3 Å². The van der Waals surface area contributed by atoms with Crippen molar-refractivity contribution in [2.45, 2.75) is 32.2 Å². The first-order valence-corrected chi connectivity index (χ1v) is 6.95. The second-order valence-electron chi connectivity index (χ2n) is 4.83. The average molecular weight is 290 g/mol. The molecule has 0 aliphatic heterocycles. The largest absolute Gasteiger partial charge is 0.462 e. The molecule has 1 fully saturated rings. The van der Waals surface area contributed by atoms with Gasteiger partial charge in [0.25, 0.3) is 0 Å². The van der Waals surface area contributed by atoms with Crippen LogP contribution in [0.25, 0.3) is 0 Å². The number of rotatable bonds is 6. The third-order valence-electron chi connectivity index (χ3n) is 2.96. The second kappa shape index (κ2) is 6.88. The Balaban J connectivity index is 1.96. The molecule has 0 heterocycles. The van der Waals surface area contributed by atoms with Crippen LogP contribution in [0.3, 0.4) is 0 Å². The molecule has 1 saturated carbocycles. The molecule has 1 aromatic rings. The third kappa shape index (κ3) is 4.59. The first-order chi connectivity index (χ1) is 10.1. The third-order valence-corrected chi connectivity index (χ3v) is 2.96. The Bertz CT molecular complexity index is 552. The van der Waals surface area contributed by atoms with Crippen LogP contribution in [0.2, 0.25) is 0 Å². The average Bonchev–Trinajstić information content (AvgIpc) is 3.23. The molecule has 1 aromatic carbocycles. The van der Waals surface area contributed by atoms with Gasteiger partial charge in [-0.25, -0.2) is 4.79 Å². The van der Waals surface area contributed by atoms with Crippen LogP contribution in [0.4, 0.5) is 5.69 Å². The van der Waals surface area contributed by atoms with E-state index in [2.05, 4.69) is 10.6 Å². The van der Waals surface area contributed by atoms with Crippen molar-refractivity contribution in [2.24, 2.45) is 0 Å². The summed E-state index contributed by atoms with van der Waals surface area (Å²) in [4.78, 5) is 35.2. The number of benzene rings is 1. The number of hydrogen-bond acceptors (Lipinski definition) is 4. The van der Waals surface area contributed by atoms with E-state index in [-0.39, 0.29) is 30.5 Å². The summed E-state index contributed by atoms with van der Waals surface area (Å²) in [7, 11) is 0. The standard InChI is InChI=1S/C15H18N2O4/c1-2-21-15(20)11-5-3-4-6-12(11)17-14(19)9-13(18)16-10-7-8-10/h3-6,10H,2,7-9H2,1H3,(H,16,18)(H,17,19). The van der Waals surface area contributed by atoms with E-state index in [4.69, 9.17) is 4.74 Å². The van der Waals surface area contributed by atoms with Gasteiger partial charge in [-0.15, -0.1) is 0 Å². The molecule has 2 rings (SSSR count). The lowest BCUT2D eigenvalue weighted by Crippen LogP contribution is -2.29. The Morgan fingerprint density at radius 2 is 1.90 bits per heavy atom. The summed E-state index contributed by atoms with van der Waals surface area (Å²) in [5, 5.41) is 5.31. The fraction of sp³-hybridized carbons (Fsp3) is 0.400. The minimum Gasteiger partial charge on any atom is -0.462 e. The SMILES string of the molecule is CCOC(=O)c1ccccc1NC(=O)CC(=O)NC1CC1. The fourth-order valence-corrected chi connectivity index (χ4v) is 1.83. The molecule has 6 nitrogen and oxygen atoms in total. The summed E-state index contributed by atoms with van der Waals surface area (Å²) in [6, 6.07) is 6.77. The minimum absolute atomic E-state index is 0.220. The van der Waals surface area contributed by atoms with E-state index in [1.807, 2.05) is 0 Å². The van der Waals surface area contributed by atoms with Gasteiger partial charge < -0.3 is 15.4 Å². The molecule has 0 aromatic heterocycles. The Morgan fingerprint density at radius 1 is 1.19 bits per heavy atom. The van der Waals surface area contributed by atoms with Gasteiger partial charge in [-0.3, -0.25) is 9.59 Å². The highest BCUT2D eigenvalue weighted by Gasteiger charge is 2.24. The lowest BCUT2D eigenvalue weighted by Gasteiger charge is -2.10. The van der Waals surface area contributed by atoms with Crippen molar-refractivity contribution < 1.29 is 19.1 Å². The molecule has 1 aliphatic rings. The number of ether oxygens (including phenoxy) is 1. The van der Waals surface area contributed by atoms with E-state index in [9.17, 15) is 14.4 Å². The molecule has 0 unspecified atom stereocenters. The predicted octanol–water partition coefficient (Wildman–Crippen LogP) is 1.47. The summed E-state index contributed by atoms with van der Waals surface area (Å²) >= 11 is 0. The number of amides is 2. The fourth-order valence-electron chi connectivity index (χ4n) is 1.83. The van der Waals surface area contributed by atoms with E-state index in [0.717, 1.165) is 12.8 Å². The van der Waals surface area contributed by atoms with Gasteiger partial charge in [0.15, 0.2) is 0 Å².